The van der Waals surface area contributed by atoms with E-state index in [1.165, 1.54) is 18.3 Å². The van der Waals surface area contributed by atoms with Crippen LogP contribution in [0.15, 0.2) is 42.5 Å². The Balaban J connectivity index is 1.44. The third-order valence-corrected chi connectivity index (χ3v) is 5.67. The first-order chi connectivity index (χ1) is 13.0. The summed E-state index contributed by atoms with van der Waals surface area (Å²) in [6.45, 7) is 1.65. The van der Waals surface area contributed by atoms with Crippen LogP contribution in [-0.4, -0.2) is 24.8 Å². The zero-order chi connectivity index (χ0) is 19.0. The molecule has 4 rings (SSSR count). The van der Waals surface area contributed by atoms with Gasteiger partial charge in [0.05, 0.1) is 5.02 Å². The first-order valence-corrected chi connectivity index (χ1v) is 9.31. The second kappa shape index (κ2) is 7.09. The van der Waals surface area contributed by atoms with Crippen LogP contribution in [0, 0.1) is 0 Å². The molecule has 0 spiro atoms. The van der Waals surface area contributed by atoms with E-state index < -0.39 is 18.0 Å². The Bertz CT molecular complexity index is 1050. The van der Waals surface area contributed by atoms with Crippen molar-refractivity contribution in [3.8, 4) is 11.5 Å². The number of carbonyl (C=O) groups excluding carboxylic acids is 2. The highest BCUT2D eigenvalue weighted by Crippen LogP contribution is 2.36. The fourth-order valence-corrected chi connectivity index (χ4v) is 4.02. The van der Waals surface area contributed by atoms with Crippen LogP contribution in [0.3, 0.4) is 0 Å². The van der Waals surface area contributed by atoms with Gasteiger partial charge in [-0.25, -0.2) is 4.79 Å². The Morgan fingerprint density at radius 3 is 2.78 bits per heavy atom. The molecule has 6 nitrogen and oxygen atoms in total. The summed E-state index contributed by atoms with van der Waals surface area (Å²) in [7, 11) is 0. The number of thiophene rings is 1. The molecule has 3 aromatic rings. The van der Waals surface area contributed by atoms with Crippen LogP contribution in [0.2, 0.25) is 5.02 Å². The van der Waals surface area contributed by atoms with Crippen LogP contribution in [0.25, 0.3) is 10.1 Å². The minimum Gasteiger partial charge on any atom is -0.454 e. The van der Waals surface area contributed by atoms with Crippen LogP contribution in [0.4, 0.5) is 5.69 Å². The number of carbonyl (C=O) groups is 2. The summed E-state index contributed by atoms with van der Waals surface area (Å²) in [4.78, 5) is 25.1. The maximum atomic E-state index is 12.4. The summed E-state index contributed by atoms with van der Waals surface area (Å²) in [6, 6.07) is 12.5. The first-order valence-electron chi connectivity index (χ1n) is 8.11. The molecule has 0 fully saturated rings. The van der Waals surface area contributed by atoms with Gasteiger partial charge in [-0.05, 0) is 25.1 Å². The average molecular weight is 404 g/mol. The third kappa shape index (κ3) is 3.43. The molecule has 1 atom stereocenters. The number of ether oxygens (including phenoxy) is 3. The summed E-state index contributed by atoms with van der Waals surface area (Å²) >= 11 is 7.52. The number of fused-ring (bicyclic) bond motifs is 2. The Hall–Kier alpha value is -2.77. The average Bonchev–Trinajstić information content (AvgIpc) is 3.26. The van der Waals surface area contributed by atoms with E-state index in [0.717, 1.165) is 10.1 Å². The number of rotatable bonds is 4. The van der Waals surface area contributed by atoms with Gasteiger partial charge in [-0.3, -0.25) is 4.79 Å². The number of esters is 1. The molecule has 0 saturated heterocycles. The van der Waals surface area contributed by atoms with Crippen molar-refractivity contribution in [3.63, 3.8) is 0 Å². The van der Waals surface area contributed by atoms with Gasteiger partial charge in [0.2, 0.25) is 6.79 Å². The van der Waals surface area contributed by atoms with Gasteiger partial charge in [-0.2, -0.15) is 0 Å². The minimum atomic E-state index is -0.996. The van der Waals surface area contributed by atoms with Crippen molar-refractivity contribution in [3.05, 3.63) is 52.4 Å². The molecule has 1 aliphatic heterocycles. The molecule has 2 heterocycles. The molecule has 138 valence electrons. The highest BCUT2D eigenvalue weighted by Gasteiger charge is 2.24. The molecule has 1 aromatic heterocycles. The number of nitrogens with one attached hydrogen (secondary N) is 1. The Morgan fingerprint density at radius 2 is 1.96 bits per heavy atom. The lowest BCUT2D eigenvalue weighted by Crippen LogP contribution is -2.29. The van der Waals surface area contributed by atoms with Gasteiger partial charge in [0.25, 0.3) is 5.91 Å². The van der Waals surface area contributed by atoms with Gasteiger partial charge in [0.1, 0.15) is 4.88 Å². The van der Waals surface area contributed by atoms with Crippen molar-refractivity contribution in [2.75, 3.05) is 12.1 Å². The lowest BCUT2D eigenvalue weighted by molar-refractivity contribution is -0.123. The SMILES string of the molecule is CC(OC(=O)c1sc2ccccc2c1Cl)C(=O)Nc1ccc2c(c1)OCO2. The van der Waals surface area contributed by atoms with Crippen molar-refractivity contribution >= 4 is 50.6 Å². The zero-order valence-corrected chi connectivity index (χ0v) is 15.7. The summed E-state index contributed by atoms with van der Waals surface area (Å²) in [5.74, 6) is 0.0790. The monoisotopic (exact) mass is 403 g/mol. The van der Waals surface area contributed by atoms with E-state index in [2.05, 4.69) is 5.32 Å². The number of hydrogen-bond donors (Lipinski definition) is 1. The second-order valence-electron chi connectivity index (χ2n) is 5.85. The Morgan fingerprint density at radius 1 is 1.19 bits per heavy atom. The summed E-state index contributed by atoms with van der Waals surface area (Å²) < 4.78 is 16.7. The fraction of sp³-hybridized carbons (Fsp3) is 0.158. The molecule has 27 heavy (non-hydrogen) atoms. The van der Waals surface area contributed by atoms with Gasteiger partial charge < -0.3 is 19.5 Å². The highest BCUT2D eigenvalue weighted by atomic mass is 35.5. The lowest BCUT2D eigenvalue weighted by atomic mass is 10.2. The molecule has 0 aliphatic carbocycles. The van der Waals surface area contributed by atoms with E-state index in [9.17, 15) is 9.59 Å². The van der Waals surface area contributed by atoms with Crippen molar-refractivity contribution in [1.29, 1.82) is 0 Å². The third-order valence-electron chi connectivity index (χ3n) is 4.01. The zero-order valence-electron chi connectivity index (χ0n) is 14.2. The number of anilines is 1. The Kier molecular flexibility index (Phi) is 4.63. The van der Waals surface area contributed by atoms with Crippen molar-refractivity contribution in [2.45, 2.75) is 13.0 Å². The van der Waals surface area contributed by atoms with E-state index in [1.807, 2.05) is 24.3 Å². The molecule has 0 bridgehead atoms. The highest BCUT2D eigenvalue weighted by molar-refractivity contribution is 7.21. The summed E-state index contributed by atoms with van der Waals surface area (Å²) in [5, 5.41) is 3.81. The molecular weight excluding hydrogens is 390 g/mol. The standard InChI is InChI=1S/C19H14ClNO5S/c1-10(18(22)21-11-6-7-13-14(8-11)25-9-24-13)26-19(23)17-16(20)12-4-2-3-5-15(12)27-17/h2-8,10H,9H2,1H3,(H,21,22). The fourth-order valence-electron chi connectivity index (χ4n) is 2.63. The van der Waals surface area contributed by atoms with Crippen molar-refractivity contribution in [1.82, 2.24) is 0 Å². The topological polar surface area (TPSA) is 73.9 Å². The van der Waals surface area contributed by atoms with E-state index in [-0.39, 0.29) is 11.7 Å². The van der Waals surface area contributed by atoms with Gasteiger partial charge in [0, 0.05) is 21.8 Å². The van der Waals surface area contributed by atoms with E-state index in [0.29, 0.717) is 22.2 Å². The van der Waals surface area contributed by atoms with Crippen LogP contribution in [0.1, 0.15) is 16.6 Å². The molecular formula is C19H14ClNO5S. The first kappa shape index (κ1) is 17.6. The molecule has 1 unspecified atom stereocenters. The number of halogens is 1. The normalized spacial score (nSPS) is 13.4. The van der Waals surface area contributed by atoms with Gasteiger partial charge in [-0.1, -0.05) is 29.8 Å². The number of amides is 1. The van der Waals surface area contributed by atoms with E-state index in [1.54, 1.807) is 18.2 Å². The van der Waals surface area contributed by atoms with E-state index >= 15 is 0 Å². The van der Waals surface area contributed by atoms with Gasteiger partial charge >= 0.3 is 5.97 Å². The van der Waals surface area contributed by atoms with Crippen molar-refractivity contribution < 1.29 is 23.8 Å². The predicted molar refractivity (Wildman–Crippen MR) is 103 cm³/mol. The molecule has 2 aromatic carbocycles. The predicted octanol–water partition coefficient (Wildman–Crippen LogP) is 4.47. The maximum absolute atomic E-state index is 12.4. The molecule has 0 saturated carbocycles. The van der Waals surface area contributed by atoms with Crippen molar-refractivity contribution in [2.24, 2.45) is 0 Å². The quantitative estimate of drug-likeness (QED) is 0.651. The second-order valence-corrected chi connectivity index (χ2v) is 7.28. The lowest BCUT2D eigenvalue weighted by Gasteiger charge is -2.13. The van der Waals surface area contributed by atoms with Gasteiger partial charge in [-0.15, -0.1) is 11.3 Å². The number of benzene rings is 2. The number of hydrogen-bond acceptors (Lipinski definition) is 6. The smallest absolute Gasteiger partial charge is 0.350 e. The molecule has 8 heteroatoms. The van der Waals surface area contributed by atoms with Crippen LogP contribution < -0.4 is 14.8 Å². The van der Waals surface area contributed by atoms with Crippen LogP contribution in [0.5, 0.6) is 11.5 Å². The van der Waals surface area contributed by atoms with E-state index in [4.69, 9.17) is 25.8 Å². The van der Waals surface area contributed by atoms with Crippen LogP contribution >= 0.6 is 22.9 Å². The summed E-state index contributed by atoms with van der Waals surface area (Å²) in [6.07, 6.45) is -0.996. The molecule has 1 N–H and O–H groups in total. The molecule has 1 amide bonds. The van der Waals surface area contributed by atoms with Gasteiger partial charge in [0.15, 0.2) is 17.6 Å². The summed E-state index contributed by atoms with van der Waals surface area (Å²) in [5.41, 5.74) is 0.520. The van der Waals surface area contributed by atoms with Crippen LogP contribution in [-0.2, 0) is 9.53 Å². The largest absolute Gasteiger partial charge is 0.454 e. The molecule has 1 aliphatic rings. The Labute approximate surface area is 163 Å². The molecule has 0 radical (unpaired) electrons. The maximum Gasteiger partial charge on any atom is 0.350 e. The minimum absolute atomic E-state index is 0.149.